The molecule has 1 atom stereocenters. The maximum Gasteiger partial charge on any atom is 0.239 e. The standard InChI is InChI=1S/C15H26N4OS.3ClH/c1-11(2)8-14(16)15(20)19-6-4-18(5-7-19)9-13-10-21-12(3)17-13;;;/h10-11,14H,4-9,16H2,1-3H3;3*1H/t14-;;;/m0.../s1. The third-order valence-corrected chi connectivity index (χ3v) is 4.60. The summed E-state index contributed by atoms with van der Waals surface area (Å²) in [7, 11) is 0. The second kappa shape index (κ2) is 12.3. The third-order valence-electron chi connectivity index (χ3n) is 3.78. The quantitative estimate of drug-likeness (QED) is 0.797. The number of piperazine rings is 1. The average molecular weight is 420 g/mol. The molecule has 5 nitrogen and oxygen atoms in total. The van der Waals surface area contributed by atoms with Gasteiger partial charge in [-0.2, -0.15) is 0 Å². The van der Waals surface area contributed by atoms with Crippen molar-refractivity contribution in [3.05, 3.63) is 16.1 Å². The molecular weight excluding hydrogens is 391 g/mol. The number of carbonyl (C=O) groups excluding carboxylic acids is 1. The van der Waals surface area contributed by atoms with Crippen LogP contribution in [-0.2, 0) is 11.3 Å². The first-order chi connectivity index (χ1) is 9.95. The Morgan fingerprint density at radius 2 is 1.83 bits per heavy atom. The van der Waals surface area contributed by atoms with E-state index in [2.05, 4.69) is 29.1 Å². The van der Waals surface area contributed by atoms with Crippen LogP contribution in [0.5, 0.6) is 0 Å². The number of nitrogens with zero attached hydrogens (tertiary/aromatic N) is 3. The number of hydrogen-bond donors (Lipinski definition) is 1. The van der Waals surface area contributed by atoms with Gasteiger partial charge in [-0.25, -0.2) is 4.98 Å². The summed E-state index contributed by atoms with van der Waals surface area (Å²) < 4.78 is 0. The highest BCUT2D eigenvalue weighted by Gasteiger charge is 2.25. The predicted octanol–water partition coefficient (Wildman–Crippen LogP) is 2.73. The van der Waals surface area contributed by atoms with Crippen LogP contribution in [0.1, 0.15) is 31.0 Å². The summed E-state index contributed by atoms with van der Waals surface area (Å²) >= 11 is 1.69. The van der Waals surface area contributed by atoms with Crippen LogP contribution in [-0.4, -0.2) is 52.9 Å². The van der Waals surface area contributed by atoms with E-state index in [1.807, 2.05) is 11.8 Å². The van der Waals surface area contributed by atoms with Gasteiger partial charge in [0.05, 0.1) is 16.7 Å². The molecule has 0 aromatic carbocycles. The van der Waals surface area contributed by atoms with Gasteiger partial charge in [0.25, 0.3) is 0 Å². The van der Waals surface area contributed by atoms with Crippen LogP contribution in [0.2, 0.25) is 0 Å². The molecule has 0 spiro atoms. The minimum absolute atomic E-state index is 0. The zero-order chi connectivity index (χ0) is 15.4. The van der Waals surface area contributed by atoms with E-state index in [1.54, 1.807) is 11.3 Å². The van der Waals surface area contributed by atoms with Crippen molar-refractivity contribution >= 4 is 54.5 Å². The summed E-state index contributed by atoms with van der Waals surface area (Å²) in [5.41, 5.74) is 7.13. The van der Waals surface area contributed by atoms with Crippen molar-refractivity contribution in [3.63, 3.8) is 0 Å². The molecular formula is C15H29Cl3N4OS. The van der Waals surface area contributed by atoms with Gasteiger partial charge in [0.2, 0.25) is 5.91 Å². The van der Waals surface area contributed by atoms with Gasteiger partial charge in [0.1, 0.15) is 0 Å². The van der Waals surface area contributed by atoms with Gasteiger partial charge in [-0.1, -0.05) is 13.8 Å². The van der Waals surface area contributed by atoms with Crippen molar-refractivity contribution in [2.24, 2.45) is 11.7 Å². The molecule has 2 N–H and O–H groups in total. The summed E-state index contributed by atoms with van der Waals surface area (Å²) in [5, 5.41) is 3.23. The van der Waals surface area contributed by atoms with Crippen molar-refractivity contribution in [1.29, 1.82) is 0 Å². The molecule has 9 heteroatoms. The zero-order valence-corrected chi connectivity index (χ0v) is 17.7. The Hall–Kier alpha value is -0.110. The van der Waals surface area contributed by atoms with E-state index >= 15 is 0 Å². The van der Waals surface area contributed by atoms with Crippen LogP contribution >= 0.6 is 48.6 Å². The van der Waals surface area contributed by atoms with Gasteiger partial charge in [0.15, 0.2) is 0 Å². The lowest BCUT2D eigenvalue weighted by atomic mass is 10.0. The lowest BCUT2D eigenvalue weighted by Gasteiger charge is -2.35. The topological polar surface area (TPSA) is 62.5 Å². The fraction of sp³-hybridized carbons (Fsp3) is 0.733. The maximum absolute atomic E-state index is 12.3. The number of aryl methyl sites for hydroxylation is 1. The van der Waals surface area contributed by atoms with E-state index in [9.17, 15) is 4.79 Å². The van der Waals surface area contributed by atoms with Gasteiger partial charge in [0, 0.05) is 38.1 Å². The lowest BCUT2D eigenvalue weighted by molar-refractivity contribution is -0.134. The maximum atomic E-state index is 12.3. The molecule has 24 heavy (non-hydrogen) atoms. The Balaban J connectivity index is 0. The fourth-order valence-corrected chi connectivity index (χ4v) is 3.28. The molecule has 1 aromatic rings. The van der Waals surface area contributed by atoms with Crippen molar-refractivity contribution in [2.75, 3.05) is 26.2 Å². The molecule has 142 valence electrons. The smallest absolute Gasteiger partial charge is 0.239 e. The fourth-order valence-electron chi connectivity index (χ4n) is 2.68. The molecule has 0 bridgehead atoms. The van der Waals surface area contributed by atoms with Crippen LogP contribution in [0.4, 0.5) is 0 Å². The molecule has 0 unspecified atom stereocenters. The molecule has 1 saturated heterocycles. The summed E-state index contributed by atoms with van der Waals surface area (Å²) in [4.78, 5) is 21.0. The average Bonchev–Trinajstić information content (AvgIpc) is 2.83. The van der Waals surface area contributed by atoms with E-state index in [-0.39, 0.29) is 49.2 Å². The van der Waals surface area contributed by atoms with E-state index in [0.717, 1.165) is 49.8 Å². The molecule has 2 heterocycles. The van der Waals surface area contributed by atoms with Crippen molar-refractivity contribution in [2.45, 2.75) is 39.8 Å². The minimum atomic E-state index is -0.349. The Kier molecular flexibility index (Phi) is 13.4. The molecule has 1 aliphatic rings. The summed E-state index contributed by atoms with van der Waals surface area (Å²) in [6.45, 7) is 10.4. The van der Waals surface area contributed by atoms with Gasteiger partial charge in [-0.05, 0) is 19.3 Å². The van der Waals surface area contributed by atoms with E-state index < -0.39 is 0 Å². The Morgan fingerprint density at radius 1 is 1.25 bits per heavy atom. The van der Waals surface area contributed by atoms with Crippen LogP contribution in [0.15, 0.2) is 5.38 Å². The molecule has 0 radical (unpaired) electrons. The number of rotatable bonds is 5. The first-order valence-electron chi connectivity index (χ1n) is 7.63. The highest BCUT2D eigenvalue weighted by molar-refractivity contribution is 7.09. The summed E-state index contributed by atoms with van der Waals surface area (Å²) in [6.07, 6.45) is 0.761. The Morgan fingerprint density at radius 3 is 2.29 bits per heavy atom. The molecule has 0 aliphatic carbocycles. The van der Waals surface area contributed by atoms with Gasteiger partial charge in [-0.3, -0.25) is 9.69 Å². The number of aromatic nitrogens is 1. The molecule has 1 aliphatic heterocycles. The highest BCUT2D eigenvalue weighted by Crippen LogP contribution is 2.13. The Labute approximate surface area is 167 Å². The van der Waals surface area contributed by atoms with Gasteiger partial charge in [-0.15, -0.1) is 48.6 Å². The Bertz CT molecular complexity index is 479. The highest BCUT2D eigenvalue weighted by atomic mass is 35.5. The minimum Gasteiger partial charge on any atom is -0.339 e. The summed E-state index contributed by atoms with van der Waals surface area (Å²) in [6, 6.07) is -0.349. The van der Waals surface area contributed by atoms with Crippen LogP contribution in [0, 0.1) is 12.8 Å². The molecule has 1 aromatic heterocycles. The third kappa shape index (κ3) is 7.85. The van der Waals surface area contributed by atoms with E-state index in [1.165, 1.54) is 0 Å². The monoisotopic (exact) mass is 418 g/mol. The van der Waals surface area contributed by atoms with Crippen molar-refractivity contribution < 1.29 is 4.79 Å². The largest absolute Gasteiger partial charge is 0.339 e. The summed E-state index contributed by atoms with van der Waals surface area (Å²) in [5.74, 6) is 0.561. The predicted molar refractivity (Wildman–Crippen MR) is 108 cm³/mol. The second-order valence-corrected chi connectivity index (χ2v) is 7.26. The molecule has 0 saturated carbocycles. The normalized spacial score (nSPS) is 16.0. The first-order valence-corrected chi connectivity index (χ1v) is 8.51. The zero-order valence-electron chi connectivity index (χ0n) is 14.4. The number of halogens is 3. The van der Waals surface area contributed by atoms with Crippen LogP contribution in [0.25, 0.3) is 0 Å². The van der Waals surface area contributed by atoms with Crippen molar-refractivity contribution in [3.8, 4) is 0 Å². The number of thiazole rings is 1. The SMILES string of the molecule is Cc1nc(CN2CCN(C(=O)[C@@H](N)CC(C)C)CC2)cs1.Cl.Cl.Cl. The van der Waals surface area contributed by atoms with Crippen LogP contribution in [0.3, 0.4) is 0 Å². The van der Waals surface area contributed by atoms with Crippen molar-refractivity contribution in [1.82, 2.24) is 14.8 Å². The first kappa shape index (κ1) is 26.1. The second-order valence-electron chi connectivity index (χ2n) is 6.20. The number of carbonyl (C=O) groups is 1. The van der Waals surface area contributed by atoms with Crippen LogP contribution < -0.4 is 5.73 Å². The van der Waals surface area contributed by atoms with E-state index in [4.69, 9.17) is 5.73 Å². The molecule has 1 fully saturated rings. The molecule has 1 amide bonds. The number of amides is 1. The molecule has 2 rings (SSSR count). The van der Waals surface area contributed by atoms with Gasteiger partial charge < -0.3 is 10.6 Å². The lowest BCUT2D eigenvalue weighted by Crippen LogP contribution is -2.53. The van der Waals surface area contributed by atoms with E-state index in [0.29, 0.717) is 5.92 Å². The van der Waals surface area contributed by atoms with Gasteiger partial charge >= 0.3 is 0 Å². The number of hydrogen-bond acceptors (Lipinski definition) is 5. The number of nitrogens with two attached hydrogens (primary N) is 1.